The molecule has 0 spiro atoms. The fraction of sp³-hybridized carbons (Fsp3) is 0.538. The number of rotatable bonds is 4. The van der Waals surface area contributed by atoms with Crippen molar-refractivity contribution in [2.45, 2.75) is 30.8 Å². The van der Waals surface area contributed by atoms with Crippen LogP contribution in [0.15, 0.2) is 17.0 Å². The molecule has 0 radical (unpaired) electrons. The van der Waals surface area contributed by atoms with E-state index in [1.165, 1.54) is 17.4 Å². The summed E-state index contributed by atoms with van der Waals surface area (Å²) in [6.45, 7) is 2.80. The van der Waals surface area contributed by atoms with Crippen LogP contribution in [0.25, 0.3) is 0 Å². The maximum absolute atomic E-state index is 12.5. The van der Waals surface area contributed by atoms with Gasteiger partial charge in [-0.15, -0.1) is 0 Å². The quantitative estimate of drug-likeness (QED) is 0.862. The highest BCUT2D eigenvalue weighted by Gasteiger charge is 2.28. The van der Waals surface area contributed by atoms with Gasteiger partial charge in [0.15, 0.2) is 0 Å². The van der Waals surface area contributed by atoms with E-state index in [-0.39, 0.29) is 16.0 Å². The monoisotopic (exact) mass is 318 g/mol. The smallest absolute Gasteiger partial charge is 0.244 e. The van der Waals surface area contributed by atoms with E-state index in [9.17, 15) is 8.42 Å². The van der Waals surface area contributed by atoms with Gasteiger partial charge in [-0.2, -0.15) is 4.31 Å². The van der Waals surface area contributed by atoms with E-state index in [0.29, 0.717) is 18.8 Å². The minimum atomic E-state index is -3.66. The van der Waals surface area contributed by atoms with Crippen molar-refractivity contribution in [1.29, 1.82) is 0 Å². The van der Waals surface area contributed by atoms with Gasteiger partial charge in [-0.05, 0) is 37.5 Å². The molecule has 0 aromatic heterocycles. The first-order valence-corrected chi connectivity index (χ1v) is 8.27. The number of aryl methyl sites for hydroxylation is 1. The molecule has 1 saturated heterocycles. The third-order valence-electron chi connectivity index (χ3n) is 3.49. The van der Waals surface area contributed by atoms with Crippen LogP contribution in [0.1, 0.15) is 18.4 Å². The Bertz CT molecular complexity index is 598. The van der Waals surface area contributed by atoms with Gasteiger partial charge in [-0.1, -0.05) is 11.6 Å². The van der Waals surface area contributed by atoms with Crippen LogP contribution in [0.2, 0.25) is 5.02 Å². The summed E-state index contributed by atoms with van der Waals surface area (Å²) in [6, 6.07) is 2.99. The summed E-state index contributed by atoms with van der Waals surface area (Å²) in [5.41, 5.74) is 6.96. The van der Waals surface area contributed by atoms with E-state index in [1.807, 2.05) is 0 Å². The Balaban J connectivity index is 2.27. The van der Waals surface area contributed by atoms with Crippen LogP contribution in [-0.2, 0) is 14.8 Å². The highest BCUT2D eigenvalue weighted by molar-refractivity contribution is 7.89. The van der Waals surface area contributed by atoms with Crippen LogP contribution in [-0.4, -0.2) is 39.0 Å². The van der Waals surface area contributed by atoms with Crippen LogP contribution in [0.4, 0.5) is 5.69 Å². The first kappa shape index (κ1) is 15.6. The highest BCUT2D eigenvalue weighted by atomic mass is 35.5. The number of anilines is 1. The Labute approximate surface area is 124 Å². The van der Waals surface area contributed by atoms with Crippen molar-refractivity contribution in [1.82, 2.24) is 4.31 Å². The largest absolute Gasteiger partial charge is 0.398 e. The van der Waals surface area contributed by atoms with Crippen molar-refractivity contribution < 1.29 is 13.2 Å². The molecular weight excluding hydrogens is 300 g/mol. The van der Waals surface area contributed by atoms with Crippen molar-refractivity contribution in [3.8, 4) is 0 Å². The highest BCUT2D eigenvalue weighted by Crippen LogP contribution is 2.29. The maximum Gasteiger partial charge on any atom is 0.244 e. The molecule has 1 unspecified atom stereocenters. The Morgan fingerprint density at radius 1 is 1.50 bits per heavy atom. The van der Waals surface area contributed by atoms with Gasteiger partial charge >= 0.3 is 0 Å². The lowest BCUT2D eigenvalue weighted by Crippen LogP contribution is -2.34. The third kappa shape index (κ3) is 3.09. The van der Waals surface area contributed by atoms with Gasteiger partial charge in [0.25, 0.3) is 0 Å². The molecule has 20 heavy (non-hydrogen) atoms. The summed E-state index contributed by atoms with van der Waals surface area (Å²) in [5.74, 6) is 0. The Kier molecular flexibility index (Phi) is 4.59. The number of benzene rings is 1. The fourth-order valence-corrected chi connectivity index (χ4v) is 4.00. The fourth-order valence-electron chi connectivity index (χ4n) is 2.21. The second-order valence-corrected chi connectivity index (χ2v) is 7.48. The molecule has 0 saturated carbocycles. The predicted molar refractivity (Wildman–Crippen MR) is 79.4 cm³/mol. The number of hydrogen-bond donors (Lipinski definition) is 1. The number of halogens is 1. The van der Waals surface area contributed by atoms with E-state index in [0.717, 1.165) is 18.4 Å². The van der Waals surface area contributed by atoms with Gasteiger partial charge in [0.1, 0.15) is 4.90 Å². The number of nitrogen functional groups attached to an aromatic ring is 1. The lowest BCUT2D eigenvalue weighted by molar-refractivity contribution is 0.0979. The first-order valence-electron chi connectivity index (χ1n) is 6.46. The summed E-state index contributed by atoms with van der Waals surface area (Å²) in [7, 11) is -2.12. The Hall–Kier alpha value is -0.820. The molecule has 0 amide bonds. The number of sulfonamides is 1. The second kappa shape index (κ2) is 5.89. The van der Waals surface area contributed by atoms with E-state index in [2.05, 4.69) is 0 Å². The predicted octanol–water partition coefficient (Wildman–Crippen LogP) is 2.03. The molecule has 2 rings (SSSR count). The van der Waals surface area contributed by atoms with Crippen LogP contribution in [0.5, 0.6) is 0 Å². The lowest BCUT2D eigenvalue weighted by atomic mass is 10.2. The Morgan fingerprint density at radius 3 is 2.80 bits per heavy atom. The van der Waals surface area contributed by atoms with Gasteiger partial charge in [-0.3, -0.25) is 0 Å². The van der Waals surface area contributed by atoms with Crippen LogP contribution < -0.4 is 5.73 Å². The molecule has 1 aromatic carbocycles. The van der Waals surface area contributed by atoms with E-state index in [4.69, 9.17) is 22.1 Å². The number of nitrogens with zero attached hydrogens (tertiary/aromatic N) is 1. The van der Waals surface area contributed by atoms with E-state index < -0.39 is 10.0 Å². The van der Waals surface area contributed by atoms with Gasteiger partial charge in [-0.25, -0.2) is 8.42 Å². The van der Waals surface area contributed by atoms with Crippen molar-refractivity contribution >= 4 is 27.3 Å². The summed E-state index contributed by atoms with van der Waals surface area (Å²) >= 11 is 6.05. The number of hydrogen-bond acceptors (Lipinski definition) is 4. The Morgan fingerprint density at radius 2 is 2.20 bits per heavy atom. The van der Waals surface area contributed by atoms with Crippen LogP contribution in [0.3, 0.4) is 0 Å². The number of ether oxygens (including phenoxy) is 1. The maximum atomic E-state index is 12.5. The first-order chi connectivity index (χ1) is 9.32. The molecule has 1 fully saturated rings. The third-order valence-corrected chi connectivity index (χ3v) is 5.78. The van der Waals surface area contributed by atoms with Gasteiger partial charge in [0.2, 0.25) is 10.0 Å². The second-order valence-electron chi connectivity index (χ2n) is 5.06. The number of nitrogens with two attached hydrogens (primary N) is 1. The van der Waals surface area contributed by atoms with Gasteiger partial charge in [0.05, 0.1) is 11.1 Å². The van der Waals surface area contributed by atoms with Crippen LogP contribution >= 0.6 is 11.6 Å². The summed E-state index contributed by atoms with van der Waals surface area (Å²) < 4.78 is 31.8. The van der Waals surface area contributed by atoms with E-state index >= 15 is 0 Å². The van der Waals surface area contributed by atoms with Gasteiger partial charge < -0.3 is 10.5 Å². The average molecular weight is 319 g/mol. The van der Waals surface area contributed by atoms with E-state index in [1.54, 1.807) is 13.0 Å². The SMILES string of the molecule is Cc1cc(Cl)c(S(=O)(=O)N(C)CC2CCCO2)cc1N. The molecule has 1 aliphatic heterocycles. The molecule has 7 heteroatoms. The molecule has 0 aliphatic carbocycles. The molecule has 1 aromatic rings. The van der Waals surface area contributed by atoms with Crippen molar-refractivity contribution in [3.63, 3.8) is 0 Å². The average Bonchev–Trinajstić information content (AvgIpc) is 2.86. The molecule has 1 heterocycles. The van der Waals surface area contributed by atoms with Gasteiger partial charge in [0, 0.05) is 25.9 Å². The summed E-state index contributed by atoms with van der Waals surface area (Å²) in [4.78, 5) is 0.0442. The summed E-state index contributed by atoms with van der Waals surface area (Å²) in [6.07, 6.45) is 1.80. The van der Waals surface area contributed by atoms with Crippen molar-refractivity contribution in [2.24, 2.45) is 0 Å². The molecule has 1 aliphatic rings. The number of likely N-dealkylation sites (N-methyl/N-ethyl adjacent to an activating group) is 1. The molecule has 0 bridgehead atoms. The standard InChI is InChI=1S/C13H19ClN2O3S/c1-9-6-11(14)13(7-12(9)15)20(17,18)16(2)8-10-4-3-5-19-10/h6-7,10H,3-5,8,15H2,1-2H3. The zero-order valence-corrected chi connectivity index (χ0v) is 13.2. The molecule has 5 nitrogen and oxygen atoms in total. The molecule has 2 N–H and O–H groups in total. The minimum Gasteiger partial charge on any atom is -0.398 e. The van der Waals surface area contributed by atoms with Crippen LogP contribution in [0, 0.1) is 6.92 Å². The molecular formula is C13H19ClN2O3S. The normalized spacial score (nSPS) is 19.7. The minimum absolute atomic E-state index is 0.0442. The molecule has 112 valence electrons. The zero-order valence-electron chi connectivity index (χ0n) is 11.6. The topological polar surface area (TPSA) is 72.6 Å². The summed E-state index contributed by atoms with van der Waals surface area (Å²) in [5, 5.41) is 0.191. The van der Waals surface area contributed by atoms with Crippen molar-refractivity contribution in [2.75, 3.05) is 25.9 Å². The molecule has 1 atom stereocenters. The zero-order chi connectivity index (χ0) is 14.9. The van der Waals surface area contributed by atoms with Crippen molar-refractivity contribution in [3.05, 3.63) is 22.7 Å². The lowest BCUT2D eigenvalue weighted by Gasteiger charge is -2.21.